The van der Waals surface area contributed by atoms with Crippen molar-refractivity contribution in [2.75, 3.05) is 19.6 Å². The number of nitrogens with zero attached hydrogens (tertiary/aromatic N) is 1. The molecule has 1 aliphatic heterocycles. The van der Waals surface area contributed by atoms with E-state index in [1.807, 2.05) is 0 Å². The molecule has 2 aliphatic rings. The zero-order chi connectivity index (χ0) is 13.8. The SMILES string of the molecule is CCC1CCC(NC2CCN(CC(C)C)CC2)C1C. The third-order valence-electron chi connectivity index (χ3n) is 5.41. The molecule has 2 heteroatoms. The van der Waals surface area contributed by atoms with Gasteiger partial charge < -0.3 is 10.2 Å². The molecule has 1 N–H and O–H groups in total. The van der Waals surface area contributed by atoms with Crippen LogP contribution in [0.25, 0.3) is 0 Å². The number of rotatable bonds is 5. The monoisotopic (exact) mass is 266 g/mol. The zero-order valence-corrected chi connectivity index (χ0v) is 13.5. The Bertz CT molecular complexity index is 256. The number of likely N-dealkylation sites (tertiary alicyclic amines) is 1. The van der Waals surface area contributed by atoms with Gasteiger partial charge in [-0.25, -0.2) is 0 Å². The van der Waals surface area contributed by atoms with E-state index in [0.717, 1.165) is 29.8 Å². The number of hydrogen-bond donors (Lipinski definition) is 1. The lowest BCUT2D eigenvalue weighted by molar-refractivity contribution is 0.169. The van der Waals surface area contributed by atoms with E-state index in [1.165, 1.54) is 51.7 Å². The van der Waals surface area contributed by atoms with E-state index in [-0.39, 0.29) is 0 Å². The fourth-order valence-electron chi connectivity index (χ4n) is 4.16. The van der Waals surface area contributed by atoms with Gasteiger partial charge in [0, 0.05) is 18.6 Å². The van der Waals surface area contributed by atoms with Crippen molar-refractivity contribution in [1.82, 2.24) is 10.2 Å². The quantitative estimate of drug-likeness (QED) is 0.819. The molecule has 0 radical (unpaired) electrons. The van der Waals surface area contributed by atoms with Crippen LogP contribution in [0.5, 0.6) is 0 Å². The van der Waals surface area contributed by atoms with E-state index in [4.69, 9.17) is 0 Å². The highest BCUT2D eigenvalue weighted by molar-refractivity contribution is 4.89. The van der Waals surface area contributed by atoms with E-state index in [2.05, 4.69) is 37.9 Å². The van der Waals surface area contributed by atoms with Crippen molar-refractivity contribution in [3.63, 3.8) is 0 Å². The number of nitrogens with one attached hydrogen (secondary N) is 1. The molecule has 1 saturated heterocycles. The van der Waals surface area contributed by atoms with Crippen LogP contribution in [0.3, 0.4) is 0 Å². The van der Waals surface area contributed by atoms with Crippen molar-refractivity contribution in [1.29, 1.82) is 0 Å². The van der Waals surface area contributed by atoms with Gasteiger partial charge in [0.15, 0.2) is 0 Å². The molecule has 0 amide bonds. The van der Waals surface area contributed by atoms with Crippen LogP contribution in [-0.4, -0.2) is 36.6 Å². The Hall–Kier alpha value is -0.0800. The minimum Gasteiger partial charge on any atom is -0.311 e. The maximum Gasteiger partial charge on any atom is 0.00980 e. The Labute approximate surface area is 120 Å². The fourth-order valence-corrected chi connectivity index (χ4v) is 4.16. The molecule has 2 nitrogen and oxygen atoms in total. The van der Waals surface area contributed by atoms with Crippen molar-refractivity contribution in [2.45, 2.75) is 71.9 Å². The number of hydrogen-bond acceptors (Lipinski definition) is 2. The maximum atomic E-state index is 3.98. The van der Waals surface area contributed by atoms with Crippen LogP contribution in [0, 0.1) is 17.8 Å². The Kier molecular flexibility index (Phi) is 5.70. The molecule has 3 atom stereocenters. The molecule has 2 rings (SSSR count). The molecule has 2 fully saturated rings. The standard InChI is InChI=1S/C17H34N2/c1-5-15-6-7-17(14(15)4)18-16-8-10-19(11-9-16)12-13(2)3/h13-18H,5-12H2,1-4H3. The molecule has 112 valence electrons. The van der Waals surface area contributed by atoms with Gasteiger partial charge in [0.2, 0.25) is 0 Å². The summed E-state index contributed by atoms with van der Waals surface area (Å²) in [6.07, 6.45) is 6.93. The molecular formula is C17H34N2. The first-order valence-corrected chi connectivity index (χ1v) is 8.58. The van der Waals surface area contributed by atoms with Crippen LogP contribution in [0.1, 0.15) is 59.8 Å². The Morgan fingerprint density at radius 3 is 2.32 bits per heavy atom. The summed E-state index contributed by atoms with van der Waals surface area (Å²) in [5.74, 6) is 2.67. The van der Waals surface area contributed by atoms with Crippen molar-refractivity contribution in [3.8, 4) is 0 Å². The molecule has 1 aliphatic carbocycles. The van der Waals surface area contributed by atoms with Crippen LogP contribution in [-0.2, 0) is 0 Å². The summed E-state index contributed by atoms with van der Waals surface area (Å²) in [6, 6.07) is 1.58. The molecule has 0 spiro atoms. The van der Waals surface area contributed by atoms with Crippen molar-refractivity contribution >= 4 is 0 Å². The molecule has 3 unspecified atom stereocenters. The summed E-state index contributed by atoms with van der Waals surface area (Å²) < 4.78 is 0. The summed E-state index contributed by atoms with van der Waals surface area (Å²) in [5, 5.41) is 3.98. The molecule has 19 heavy (non-hydrogen) atoms. The summed E-state index contributed by atoms with van der Waals surface area (Å²) in [4.78, 5) is 2.65. The van der Waals surface area contributed by atoms with Crippen LogP contribution >= 0.6 is 0 Å². The Balaban J connectivity index is 1.71. The molecule has 0 bridgehead atoms. The van der Waals surface area contributed by atoms with Crippen LogP contribution in [0.4, 0.5) is 0 Å². The summed E-state index contributed by atoms with van der Waals surface area (Å²) in [6.45, 7) is 13.4. The lowest BCUT2D eigenvalue weighted by Gasteiger charge is -2.35. The smallest absolute Gasteiger partial charge is 0.00980 e. The van der Waals surface area contributed by atoms with E-state index < -0.39 is 0 Å². The molecular weight excluding hydrogens is 232 g/mol. The maximum absolute atomic E-state index is 3.98. The predicted molar refractivity (Wildman–Crippen MR) is 83.4 cm³/mol. The van der Waals surface area contributed by atoms with E-state index in [0.29, 0.717) is 0 Å². The van der Waals surface area contributed by atoms with Crippen LogP contribution in [0.15, 0.2) is 0 Å². The van der Waals surface area contributed by atoms with Gasteiger partial charge in [-0.15, -0.1) is 0 Å². The van der Waals surface area contributed by atoms with Gasteiger partial charge in [-0.2, -0.15) is 0 Å². The first-order chi connectivity index (χ1) is 9.10. The topological polar surface area (TPSA) is 15.3 Å². The van der Waals surface area contributed by atoms with Crippen molar-refractivity contribution in [3.05, 3.63) is 0 Å². The fraction of sp³-hybridized carbons (Fsp3) is 1.00. The van der Waals surface area contributed by atoms with Gasteiger partial charge in [0.05, 0.1) is 0 Å². The normalized spacial score (nSPS) is 34.3. The third-order valence-corrected chi connectivity index (χ3v) is 5.41. The highest BCUT2D eigenvalue weighted by Gasteiger charge is 2.33. The minimum atomic E-state index is 0.784. The van der Waals surface area contributed by atoms with E-state index >= 15 is 0 Å². The zero-order valence-electron chi connectivity index (χ0n) is 13.5. The van der Waals surface area contributed by atoms with Gasteiger partial charge in [-0.05, 0) is 56.5 Å². The van der Waals surface area contributed by atoms with Crippen LogP contribution < -0.4 is 5.32 Å². The summed E-state index contributed by atoms with van der Waals surface area (Å²) in [7, 11) is 0. The Morgan fingerprint density at radius 1 is 1.11 bits per heavy atom. The van der Waals surface area contributed by atoms with Crippen molar-refractivity contribution < 1.29 is 0 Å². The lowest BCUT2D eigenvalue weighted by Crippen LogP contribution is -2.47. The van der Waals surface area contributed by atoms with Gasteiger partial charge in [0.25, 0.3) is 0 Å². The highest BCUT2D eigenvalue weighted by Crippen LogP contribution is 2.34. The number of piperidine rings is 1. The van der Waals surface area contributed by atoms with Gasteiger partial charge in [-0.1, -0.05) is 34.1 Å². The van der Waals surface area contributed by atoms with Gasteiger partial charge in [0.1, 0.15) is 0 Å². The predicted octanol–water partition coefficient (Wildman–Crippen LogP) is 3.52. The molecule has 0 aromatic heterocycles. The second-order valence-electron chi connectivity index (χ2n) is 7.35. The summed E-state index contributed by atoms with van der Waals surface area (Å²) in [5.41, 5.74) is 0. The second kappa shape index (κ2) is 7.08. The second-order valence-corrected chi connectivity index (χ2v) is 7.35. The molecule has 1 saturated carbocycles. The summed E-state index contributed by atoms with van der Waals surface area (Å²) >= 11 is 0. The minimum absolute atomic E-state index is 0.784. The third kappa shape index (κ3) is 4.19. The van der Waals surface area contributed by atoms with Crippen molar-refractivity contribution in [2.24, 2.45) is 17.8 Å². The first kappa shape index (κ1) is 15.3. The average molecular weight is 266 g/mol. The molecule has 0 aromatic carbocycles. The average Bonchev–Trinajstić information content (AvgIpc) is 2.72. The van der Waals surface area contributed by atoms with E-state index in [9.17, 15) is 0 Å². The molecule has 0 aromatic rings. The highest BCUT2D eigenvalue weighted by atomic mass is 15.1. The Morgan fingerprint density at radius 2 is 1.79 bits per heavy atom. The van der Waals surface area contributed by atoms with E-state index in [1.54, 1.807) is 0 Å². The largest absolute Gasteiger partial charge is 0.311 e. The molecule has 1 heterocycles. The van der Waals surface area contributed by atoms with Gasteiger partial charge >= 0.3 is 0 Å². The van der Waals surface area contributed by atoms with Gasteiger partial charge in [-0.3, -0.25) is 0 Å². The first-order valence-electron chi connectivity index (χ1n) is 8.58. The lowest BCUT2D eigenvalue weighted by atomic mass is 9.92. The van der Waals surface area contributed by atoms with Crippen LogP contribution in [0.2, 0.25) is 0 Å².